The van der Waals surface area contributed by atoms with Crippen molar-refractivity contribution >= 4 is 22.7 Å². The molecule has 4 heteroatoms. The summed E-state index contributed by atoms with van der Waals surface area (Å²) >= 11 is 1.52. The Morgan fingerprint density at radius 3 is 2.77 bits per heavy atom. The third-order valence-electron chi connectivity index (χ3n) is 1.74. The monoisotopic (exact) mass is 194 g/mol. The third-order valence-corrected chi connectivity index (χ3v) is 2.29. The van der Waals surface area contributed by atoms with Crippen molar-refractivity contribution in [2.24, 2.45) is 5.10 Å². The molecule has 0 saturated heterocycles. The van der Waals surface area contributed by atoms with Gasteiger partial charge in [-0.3, -0.25) is 0 Å². The Hall–Kier alpha value is -1.16. The van der Waals surface area contributed by atoms with Crippen LogP contribution in [-0.2, 0) is 4.74 Å². The molecule has 0 atom stereocenters. The van der Waals surface area contributed by atoms with Crippen LogP contribution >= 0.6 is 11.8 Å². The van der Waals surface area contributed by atoms with Crippen molar-refractivity contribution in [2.45, 2.75) is 0 Å². The second kappa shape index (κ2) is 3.70. The van der Waals surface area contributed by atoms with E-state index in [4.69, 9.17) is 4.74 Å². The van der Waals surface area contributed by atoms with Gasteiger partial charge in [-0.25, -0.2) is 5.01 Å². The van der Waals surface area contributed by atoms with E-state index in [1.165, 1.54) is 11.8 Å². The Balaban J connectivity index is 2.16. The molecule has 0 amide bonds. The zero-order valence-electron chi connectivity index (χ0n) is 7.30. The van der Waals surface area contributed by atoms with Crippen LogP contribution in [0.15, 0.2) is 35.4 Å². The van der Waals surface area contributed by atoms with Crippen LogP contribution in [0.25, 0.3) is 0 Å². The molecule has 3 nitrogen and oxygen atoms in total. The van der Waals surface area contributed by atoms with Crippen molar-refractivity contribution in [3.05, 3.63) is 30.3 Å². The Kier molecular flexibility index (Phi) is 2.40. The van der Waals surface area contributed by atoms with E-state index in [0.717, 1.165) is 10.9 Å². The molecule has 0 unspecified atom stereocenters. The summed E-state index contributed by atoms with van der Waals surface area (Å²) in [6, 6.07) is 9.98. The maximum Gasteiger partial charge on any atom is 0.269 e. The van der Waals surface area contributed by atoms with Gasteiger partial charge in [0.25, 0.3) is 5.23 Å². The summed E-state index contributed by atoms with van der Waals surface area (Å²) in [6.45, 7) is 0.514. The summed E-state index contributed by atoms with van der Waals surface area (Å²) in [4.78, 5) is 0. The van der Waals surface area contributed by atoms with E-state index in [1.807, 2.05) is 41.6 Å². The van der Waals surface area contributed by atoms with Crippen molar-refractivity contribution in [1.29, 1.82) is 0 Å². The molecule has 0 radical (unpaired) electrons. The predicted octanol–water partition coefficient (Wildman–Crippen LogP) is 2.11. The number of para-hydroxylation sites is 1. The van der Waals surface area contributed by atoms with Crippen molar-refractivity contribution in [2.75, 3.05) is 18.0 Å². The molecule has 1 aromatic rings. The van der Waals surface area contributed by atoms with Gasteiger partial charge in [-0.1, -0.05) is 30.0 Å². The van der Waals surface area contributed by atoms with Gasteiger partial charge in [0.05, 0.1) is 5.69 Å². The van der Waals surface area contributed by atoms with Crippen LogP contribution in [0.3, 0.4) is 0 Å². The minimum absolute atomic E-state index is 0.514. The largest absolute Gasteiger partial charge is 0.448 e. The van der Waals surface area contributed by atoms with E-state index < -0.39 is 0 Å². The Morgan fingerprint density at radius 1 is 1.38 bits per heavy atom. The van der Waals surface area contributed by atoms with Gasteiger partial charge in [0.1, 0.15) is 0 Å². The highest BCUT2D eigenvalue weighted by Crippen LogP contribution is 2.19. The molecule has 0 spiro atoms. The number of ether oxygens (including phenoxy) is 1. The fraction of sp³-hybridized carbons (Fsp3) is 0.222. The van der Waals surface area contributed by atoms with Gasteiger partial charge < -0.3 is 4.74 Å². The van der Waals surface area contributed by atoms with Crippen LogP contribution in [0.4, 0.5) is 5.69 Å². The van der Waals surface area contributed by atoms with E-state index in [2.05, 4.69) is 5.10 Å². The fourth-order valence-corrected chi connectivity index (χ4v) is 1.46. The van der Waals surface area contributed by atoms with Crippen LogP contribution in [0.5, 0.6) is 0 Å². The Bertz CT molecular complexity index is 313. The van der Waals surface area contributed by atoms with Gasteiger partial charge in [0.2, 0.25) is 0 Å². The summed E-state index contributed by atoms with van der Waals surface area (Å²) in [5.41, 5.74) is 1.06. The zero-order chi connectivity index (χ0) is 9.10. The molecular formula is C9H10N2OS. The molecule has 2 rings (SSSR count). The lowest BCUT2D eigenvalue weighted by Gasteiger charge is -2.09. The van der Waals surface area contributed by atoms with Crippen LogP contribution < -0.4 is 5.01 Å². The molecule has 13 heavy (non-hydrogen) atoms. The third kappa shape index (κ3) is 1.78. The Morgan fingerprint density at radius 2 is 2.15 bits per heavy atom. The molecular weight excluding hydrogens is 184 g/mol. The number of rotatable bonds is 1. The highest BCUT2D eigenvalue weighted by molar-refractivity contribution is 8.12. The summed E-state index contributed by atoms with van der Waals surface area (Å²) in [7, 11) is 0. The first-order valence-corrected chi connectivity index (χ1v) is 5.20. The molecule has 0 aromatic heterocycles. The van der Waals surface area contributed by atoms with E-state index >= 15 is 0 Å². The van der Waals surface area contributed by atoms with Gasteiger partial charge >= 0.3 is 0 Å². The van der Waals surface area contributed by atoms with Crippen molar-refractivity contribution in [1.82, 2.24) is 0 Å². The van der Waals surface area contributed by atoms with Crippen LogP contribution in [-0.4, -0.2) is 18.2 Å². The first kappa shape index (κ1) is 8.44. The quantitative estimate of drug-likeness (QED) is 0.684. The van der Waals surface area contributed by atoms with Crippen LogP contribution in [0.2, 0.25) is 0 Å². The number of anilines is 1. The Labute approximate surface area is 81.4 Å². The number of hydrogen-bond donors (Lipinski definition) is 0. The number of hydrazone groups is 1. The number of hydrogen-bond acceptors (Lipinski definition) is 4. The predicted molar refractivity (Wildman–Crippen MR) is 55.8 cm³/mol. The van der Waals surface area contributed by atoms with Crippen LogP contribution in [0.1, 0.15) is 0 Å². The van der Waals surface area contributed by atoms with Gasteiger partial charge in [-0.15, -0.1) is 5.10 Å². The SMILES string of the molecule is CSC1=NN(c2ccccc2)CO1. The average Bonchev–Trinajstić information content (AvgIpc) is 2.67. The molecule has 68 valence electrons. The van der Waals surface area contributed by atoms with Gasteiger partial charge in [-0.05, 0) is 18.4 Å². The van der Waals surface area contributed by atoms with Crippen molar-refractivity contribution in [3.63, 3.8) is 0 Å². The maximum absolute atomic E-state index is 5.31. The first-order chi connectivity index (χ1) is 6.40. The van der Waals surface area contributed by atoms with Crippen molar-refractivity contribution < 1.29 is 4.74 Å². The highest BCUT2D eigenvalue weighted by Gasteiger charge is 2.15. The van der Waals surface area contributed by atoms with E-state index in [1.54, 1.807) is 0 Å². The zero-order valence-corrected chi connectivity index (χ0v) is 8.12. The minimum atomic E-state index is 0.514. The lowest BCUT2D eigenvalue weighted by molar-refractivity contribution is 0.345. The van der Waals surface area contributed by atoms with Crippen molar-refractivity contribution in [3.8, 4) is 0 Å². The lowest BCUT2D eigenvalue weighted by Crippen LogP contribution is -2.12. The van der Waals surface area contributed by atoms with E-state index in [9.17, 15) is 0 Å². The smallest absolute Gasteiger partial charge is 0.269 e. The van der Waals surface area contributed by atoms with Crippen LogP contribution in [0, 0.1) is 0 Å². The van der Waals surface area contributed by atoms with E-state index in [0.29, 0.717) is 6.73 Å². The summed E-state index contributed by atoms with van der Waals surface area (Å²) in [5.74, 6) is 0. The topological polar surface area (TPSA) is 24.8 Å². The molecule has 1 aliphatic rings. The minimum Gasteiger partial charge on any atom is -0.448 e. The molecule has 0 N–H and O–H groups in total. The average molecular weight is 194 g/mol. The molecule has 1 aliphatic heterocycles. The fourth-order valence-electron chi connectivity index (χ4n) is 1.10. The highest BCUT2D eigenvalue weighted by atomic mass is 32.2. The second-order valence-corrected chi connectivity index (χ2v) is 3.34. The van der Waals surface area contributed by atoms with Gasteiger partial charge in [0, 0.05) is 0 Å². The standard InChI is InChI=1S/C9H10N2OS/c1-13-9-10-11(7-12-9)8-5-3-2-4-6-8/h2-6H,7H2,1H3. The second-order valence-electron chi connectivity index (χ2n) is 2.58. The first-order valence-electron chi connectivity index (χ1n) is 3.98. The maximum atomic E-state index is 5.31. The van der Waals surface area contributed by atoms with Gasteiger partial charge in [0.15, 0.2) is 6.73 Å². The number of nitrogens with zero attached hydrogens (tertiary/aromatic N) is 2. The molecule has 1 aromatic carbocycles. The lowest BCUT2D eigenvalue weighted by atomic mass is 10.3. The van der Waals surface area contributed by atoms with E-state index in [-0.39, 0.29) is 0 Å². The molecule has 1 heterocycles. The summed E-state index contributed by atoms with van der Waals surface area (Å²) < 4.78 is 5.31. The normalized spacial score (nSPS) is 15.5. The van der Waals surface area contributed by atoms with Gasteiger partial charge in [-0.2, -0.15) is 0 Å². The number of benzene rings is 1. The molecule has 0 aliphatic carbocycles. The molecule has 0 bridgehead atoms. The molecule has 0 saturated carbocycles. The molecule has 0 fully saturated rings. The summed E-state index contributed by atoms with van der Waals surface area (Å²) in [6.07, 6.45) is 1.95. The number of thioether (sulfide) groups is 1. The summed E-state index contributed by atoms with van der Waals surface area (Å²) in [5, 5.41) is 6.83.